The summed E-state index contributed by atoms with van der Waals surface area (Å²) in [5.41, 5.74) is 7.39. The van der Waals surface area contributed by atoms with E-state index in [4.69, 9.17) is 0 Å². The van der Waals surface area contributed by atoms with Gasteiger partial charge < -0.3 is 4.98 Å². The fraction of sp³-hybridized carbons (Fsp3) is 0.397. The fourth-order valence-corrected chi connectivity index (χ4v) is 19.6. The minimum absolute atomic E-state index is 0.0523. The average molecular weight is 1140 g/mol. The minimum atomic E-state index is -0.0523. The van der Waals surface area contributed by atoms with Crippen LogP contribution < -0.4 is 5.56 Å². The van der Waals surface area contributed by atoms with Gasteiger partial charge >= 0.3 is 0 Å². The van der Waals surface area contributed by atoms with Gasteiger partial charge in [-0.2, -0.15) is 0 Å². The van der Waals surface area contributed by atoms with Gasteiger partial charge in [0.15, 0.2) is 5.82 Å². The molecular formula is C63H71N3OS8. The van der Waals surface area contributed by atoms with Crippen LogP contribution in [0.2, 0.25) is 0 Å². The molecule has 0 amide bonds. The van der Waals surface area contributed by atoms with Crippen LogP contribution in [0, 0.1) is 6.92 Å². The van der Waals surface area contributed by atoms with Gasteiger partial charge in [-0.05, 0) is 159 Å². The Kier molecular flexibility index (Phi) is 18.9. The number of nitrogens with one attached hydrogen (secondary N) is 1. The molecule has 392 valence electrons. The molecule has 2 aliphatic heterocycles. The normalized spacial score (nSPS) is 11.9. The Balaban J connectivity index is 0.931. The van der Waals surface area contributed by atoms with Crippen molar-refractivity contribution < 1.29 is 0 Å². The molecule has 0 aliphatic carbocycles. The highest BCUT2D eigenvalue weighted by molar-refractivity contribution is 7.31. The molecule has 0 atom stereocenters. The largest absolute Gasteiger partial charge is 0.356 e. The summed E-state index contributed by atoms with van der Waals surface area (Å²) in [4.78, 5) is 41.5. The Morgan fingerprint density at radius 2 is 0.827 bits per heavy atom. The van der Waals surface area contributed by atoms with E-state index in [1.54, 1.807) is 11.5 Å². The molecule has 0 unspecified atom stereocenters. The second-order valence-corrected chi connectivity index (χ2v) is 28.5. The van der Waals surface area contributed by atoms with Crippen LogP contribution in [-0.2, 0) is 25.7 Å². The van der Waals surface area contributed by atoms with E-state index in [-0.39, 0.29) is 5.56 Å². The van der Waals surface area contributed by atoms with E-state index in [1.165, 1.54) is 200 Å². The van der Waals surface area contributed by atoms with Crippen molar-refractivity contribution in [2.45, 2.75) is 163 Å². The SMILES string of the molecule is CCCCCCc1ccsc1-c1ccc(-c2ccc(-c3cc(CCCCCC)c(-c4cc(CCCCCC)c(-c5ccc(-c6ccc(-c7sc(-c8cn9c(=O)c(C)nc-9c[nH]8)cc7CCCCCC)s6)s5)s4)s3)s2)s1. The van der Waals surface area contributed by atoms with Crippen molar-refractivity contribution in [1.82, 2.24) is 14.5 Å². The molecule has 12 heteroatoms. The molecule has 10 heterocycles. The van der Waals surface area contributed by atoms with Crippen LogP contribution in [0.1, 0.15) is 158 Å². The smallest absolute Gasteiger partial charge is 0.277 e. The summed E-state index contributed by atoms with van der Waals surface area (Å²) in [5.74, 6) is 0.657. The van der Waals surface area contributed by atoms with Crippen LogP contribution in [0.5, 0.6) is 0 Å². The van der Waals surface area contributed by atoms with Crippen molar-refractivity contribution in [3.63, 3.8) is 0 Å². The first-order valence-corrected chi connectivity index (χ1v) is 34.4. The molecule has 0 spiro atoms. The van der Waals surface area contributed by atoms with Gasteiger partial charge in [-0.1, -0.05) is 105 Å². The predicted octanol–water partition coefficient (Wildman–Crippen LogP) is 22.6. The molecule has 10 rings (SSSR count). The third-order valence-electron chi connectivity index (χ3n) is 14.4. The summed E-state index contributed by atoms with van der Waals surface area (Å²) < 4.78 is 1.68. The van der Waals surface area contributed by atoms with Crippen LogP contribution in [0.3, 0.4) is 0 Å². The van der Waals surface area contributed by atoms with Crippen molar-refractivity contribution in [2.75, 3.05) is 0 Å². The Hall–Kier alpha value is -3.98. The van der Waals surface area contributed by atoms with E-state index in [9.17, 15) is 4.79 Å². The summed E-state index contributed by atoms with van der Waals surface area (Å²) in [6.07, 6.45) is 28.5. The minimum Gasteiger partial charge on any atom is -0.356 e. The number of aromatic amines is 1. The lowest BCUT2D eigenvalue weighted by Gasteiger charge is -2.04. The Morgan fingerprint density at radius 3 is 1.35 bits per heavy atom. The number of rotatable bonds is 28. The number of aryl methyl sites for hydroxylation is 5. The van der Waals surface area contributed by atoms with Crippen molar-refractivity contribution in [3.8, 4) is 84.7 Å². The molecule has 2 aliphatic rings. The van der Waals surface area contributed by atoms with Gasteiger partial charge in [0.2, 0.25) is 0 Å². The maximum Gasteiger partial charge on any atom is 0.277 e. The second-order valence-electron chi connectivity index (χ2n) is 20.1. The Bertz CT molecular complexity index is 3420. The highest BCUT2D eigenvalue weighted by Crippen LogP contribution is 2.51. The van der Waals surface area contributed by atoms with Crippen LogP contribution in [0.15, 0.2) is 95.4 Å². The van der Waals surface area contributed by atoms with Gasteiger partial charge in [-0.15, -0.1) is 90.7 Å². The lowest BCUT2D eigenvalue weighted by atomic mass is 10.0. The summed E-state index contributed by atoms with van der Waals surface area (Å²) in [6.45, 7) is 11.0. The molecule has 1 N–H and O–H groups in total. The molecule has 0 radical (unpaired) electrons. The summed E-state index contributed by atoms with van der Waals surface area (Å²) in [7, 11) is 0. The van der Waals surface area contributed by atoms with Crippen molar-refractivity contribution in [1.29, 1.82) is 0 Å². The summed E-state index contributed by atoms with van der Waals surface area (Å²) in [6, 6.07) is 28.8. The maximum atomic E-state index is 12.9. The second kappa shape index (κ2) is 26.1. The number of H-pyrrole nitrogens is 1. The molecule has 0 saturated carbocycles. The van der Waals surface area contributed by atoms with Gasteiger partial charge in [0.05, 0.1) is 10.6 Å². The van der Waals surface area contributed by atoms with Crippen molar-refractivity contribution >= 4 is 90.7 Å². The van der Waals surface area contributed by atoms with Crippen LogP contribution in [0.25, 0.3) is 84.7 Å². The Labute approximate surface area is 477 Å². The Morgan fingerprint density at radius 1 is 0.427 bits per heavy atom. The number of hydrogen-bond acceptors (Lipinski definition) is 10. The molecule has 0 saturated heterocycles. The van der Waals surface area contributed by atoms with Gasteiger partial charge in [0.1, 0.15) is 5.69 Å². The number of nitrogens with zero attached hydrogens (tertiary/aromatic N) is 2. The first kappa shape index (κ1) is 54.4. The van der Waals surface area contributed by atoms with Gasteiger partial charge in [0.25, 0.3) is 5.56 Å². The zero-order chi connectivity index (χ0) is 51.7. The van der Waals surface area contributed by atoms with E-state index in [2.05, 4.69) is 116 Å². The average Bonchev–Trinajstić information content (AvgIpc) is 4.27. The van der Waals surface area contributed by atoms with E-state index >= 15 is 0 Å². The standard InChI is InChI=1S/C63H71N3OS8/c1-6-10-14-18-22-42-34-35-68-59(42)52-31-28-48(70-52)47-26-27-51(69-47)56-37-44(24-20-16-12-8-3)62(74-56)57-38-45(25-21-17-13-9-4)61(75-57)54-33-30-50(72-54)49-29-32-53(71-49)60-43(23-19-15-11-7-2)36-55(73-60)46-40-66-58(39-64-46)65-41(5)63(66)67/h26-40,64H,6-25H2,1-5H3. The molecule has 0 fully saturated rings. The monoisotopic (exact) mass is 1140 g/mol. The first-order chi connectivity index (χ1) is 36.8. The van der Waals surface area contributed by atoms with E-state index in [1.807, 2.05) is 103 Å². The van der Waals surface area contributed by atoms with Gasteiger partial charge in [-0.3, -0.25) is 9.36 Å². The maximum absolute atomic E-state index is 12.9. The molecule has 8 aromatic heterocycles. The van der Waals surface area contributed by atoms with Crippen molar-refractivity contribution in [3.05, 3.63) is 129 Å². The van der Waals surface area contributed by atoms with Crippen LogP contribution in [0.4, 0.5) is 0 Å². The molecule has 4 nitrogen and oxygen atoms in total. The molecule has 0 aromatic carbocycles. The predicted molar refractivity (Wildman–Crippen MR) is 338 cm³/mol. The van der Waals surface area contributed by atoms with Crippen molar-refractivity contribution in [2.24, 2.45) is 0 Å². The third-order valence-corrected chi connectivity index (χ3v) is 24.5. The number of fused-ring (bicyclic) bond motifs is 1. The van der Waals surface area contributed by atoms with Gasteiger partial charge in [0, 0.05) is 80.7 Å². The van der Waals surface area contributed by atoms with Gasteiger partial charge in [-0.25, -0.2) is 4.98 Å². The quantitative estimate of drug-likeness (QED) is 0.0497. The highest BCUT2D eigenvalue weighted by Gasteiger charge is 2.23. The van der Waals surface area contributed by atoms with Crippen LogP contribution in [-0.4, -0.2) is 14.5 Å². The molecular weight excluding hydrogens is 1070 g/mol. The zero-order valence-corrected chi connectivity index (χ0v) is 50.9. The van der Waals surface area contributed by atoms with E-state index < -0.39 is 0 Å². The van der Waals surface area contributed by atoms with E-state index in [0.717, 1.165) is 29.8 Å². The summed E-state index contributed by atoms with van der Waals surface area (Å²) in [5, 5.41) is 2.29. The fourth-order valence-electron chi connectivity index (χ4n) is 10.2. The molecule has 8 aromatic rings. The molecule has 0 bridgehead atoms. The number of imidazole rings is 1. The number of unbranched alkanes of at least 4 members (excludes halogenated alkanes) is 12. The lowest BCUT2D eigenvalue weighted by molar-refractivity contribution is 0.667. The topological polar surface area (TPSA) is 50.7 Å². The first-order valence-electron chi connectivity index (χ1n) is 27.8. The number of aromatic nitrogens is 3. The van der Waals surface area contributed by atoms with Crippen LogP contribution >= 0.6 is 90.7 Å². The molecule has 75 heavy (non-hydrogen) atoms. The van der Waals surface area contributed by atoms with E-state index in [0.29, 0.717) is 11.5 Å². The number of hydrogen-bond donors (Lipinski definition) is 1. The third kappa shape index (κ3) is 12.8. The lowest BCUT2D eigenvalue weighted by Crippen LogP contribution is -2.13. The number of thiophene rings is 8. The zero-order valence-electron chi connectivity index (χ0n) is 44.4. The summed E-state index contributed by atoms with van der Waals surface area (Å²) >= 11 is 15.6. The highest BCUT2D eigenvalue weighted by atomic mass is 32.1.